The van der Waals surface area contributed by atoms with Crippen LogP contribution in [0.3, 0.4) is 0 Å². The van der Waals surface area contributed by atoms with Gasteiger partial charge in [-0.1, -0.05) is 0 Å². The monoisotopic (exact) mass is 317 g/mol. The topological polar surface area (TPSA) is 127 Å². The molecule has 7 nitrogen and oxygen atoms in total. The Kier molecular flexibility index (Phi) is 4.93. The van der Waals surface area contributed by atoms with Crippen LogP contribution in [0.1, 0.15) is 12.5 Å². The number of nitrogens with zero attached hydrogens (tertiary/aromatic N) is 2. The number of rotatable bonds is 5. The van der Waals surface area contributed by atoms with Crippen LogP contribution in [0.5, 0.6) is 5.88 Å². The fourth-order valence-electron chi connectivity index (χ4n) is 1.78. The molecule has 0 amide bonds. The van der Waals surface area contributed by atoms with Gasteiger partial charge in [0.15, 0.2) is 0 Å². The molecule has 114 valence electrons. The van der Waals surface area contributed by atoms with Gasteiger partial charge in [0.1, 0.15) is 28.4 Å². The van der Waals surface area contributed by atoms with E-state index >= 15 is 0 Å². The third kappa shape index (κ3) is 3.52. The molecule has 5 N–H and O–H groups in total. The Hall–Kier alpha value is -2.63. The number of pyridine rings is 1. The molecule has 0 aliphatic heterocycles. The van der Waals surface area contributed by atoms with Crippen molar-refractivity contribution < 1.29 is 8.95 Å². The lowest BCUT2D eigenvalue weighted by Crippen LogP contribution is -2.05. The lowest BCUT2D eigenvalue weighted by Gasteiger charge is -2.11. The molecule has 0 aliphatic carbocycles. The van der Waals surface area contributed by atoms with Gasteiger partial charge >= 0.3 is 0 Å². The molecule has 2 aromatic rings. The van der Waals surface area contributed by atoms with Crippen molar-refractivity contribution in [2.75, 3.05) is 17.7 Å². The summed E-state index contributed by atoms with van der Waals surface area (Å²) < 4.78 is 16.5. The van der Waals surface area contributed by atoms with E-state index < -0.39 is 11.0 Å². The number of hydrogen-bond acceptors (Lipinski definition) is 6. The third-order valence-electron chi connectivity index (χ3n) is 2.77. The molecule has 0 bridgehead atoms. The van der Waals surface area contributed by atoms with Gasteiger partial charge in [0, 0.05) is 11.8 Å². The summed E-state index contributed by atoms with van der Waals surface area (Å²) in [5.41, 5.74) is 7.05. The summed E-state index contributed by atoms with van der Waals surface area (Å²) in [5.74, 6) is 0.633. The molecule has 1 unspecified atom stereocenters. The number of nitrogen functional groups attached to an aromatic ring is 1. The predicted octanol–water partition coefficient (Wildman–Crippen LogP) is 1.66. The molecule has 1 atom stereocenters. The minimum Gasteiger partial charge on any atom is -0.477 e. The molecular formula is C14H15N5O2S. The SMILES string of the molecule is CCOc1nc(Nc2ccc(S(N)=O)cc2)cc(N)c1C#N. The molecule has 22 heavy (non-hydrogen) atoms. The second-order valence-electron chi connectivity index (χ2n) is 4.27. The lowest BCUT2D eigenvalue weighted by atomic mass is 10.2. The number of anilines is 3. The second-order valence-corrected chi connectivity index (χ2v) is 5.33. The molecule has 1 aromatic heterocycles. The van der Waals surface area contributed by atoms with Gasteiger partial charge in [-0.3, -0.25) is 0 Å². The highest BCUT2D eigenvalue weighted by atomic mass is 32.2. The van der Waals surface area contributed by atoms with E-state index in [1.54, 1.807) is 37.3 Å². The average Bonchev–Trinajstić information content (AvgIpc) is 2.48. The molecule has 1 heterocycles. The summed E-state index contributed by atoms with van der Waals surface area (Å²) >= 11 is 0. The highest BCUT2D eigenvalue weighted by Crippen LogP contribution is 2.27. The van der Waals surface area contributed by atoms with E-state index in [-0.39, 0.29) is 17.1 Å². The minimum atomic E-state index is -1.52. The van der Waals surface area contributed by atoms with E-state index in [4.69, 9.17) is 20.9 Å². The molecule has 1 aromatic carbocycles. The van der Waals surface area contributed by atoms with Crippen LogP contribution in [0, 0.1) is 11.3 Å². The first kappa shape index (κ1) is 15.8. The standard InChI is InChI=1S/C14H15N5O2S/c1-2-21-14-11(8-15)12(16)7-13(19-14)18-9-3-5-10(6-4-9)22(17)20/h3-7H,2,17H2,1H3,(H3,16,18,19). The Morgan fingerprint density at radius 3 is 2.64 bits per heavy atom. The van der Waals surface area contributed by atoms with Gasteiger partial charge in [-0.25, -0.2) is 9.35 Å². The molecule has 2 rings (SSSR count). The van der Waals surface area contributed by atoms with Crippen LogP contribution in [0.25, 0.3) is 0 Å². The molecule has 0 radical (unpaired) electrons. The fraction of sp³-hybridized carbons (Fsp3) is 0.143. The van der Waals surface area contributed by atoms with Crippen LogP contribution in [0.15, 0.2) is 35.2 Å². The third-order valence-corrected chi connectivity index (χ3v) is 3.51. The average molecular weight is 317 g/mol. The fourth-order valence-corrected chi connectivity index (χ4v) is 2.18. The van der Waals surface area contributed by atoms with Crippen molar-refractivity contribution in [1.29, 1.82) is 5.26 Å². The van der Waals surface area contributed by atoms with Crippen molar-refractivity contribution >= 4 is 28.2 Å². The van der Waals surface area contributed by atoms with Crippen molar-refractivity contribution in [3.8, 4) is 11.9 Å². The second kappa shape index (κ2) is 6.89. The maximum Gasteiger partial charge on any atom is 0.235 e. The number of hydrogen-bond donors (Lipinski definition) is 3. The number of aromatic nitrogens is 1. The minimum absolute atomic E-state index is 0.187. The normalized spacial score (nSPS) is 11.5. The van der Waals surface area contributed by atoms with Crippen LogP contribution < -0.4 is 20.9 Å². The van der Waals surface area contributed by atoms with E-state index in [9.17, 15) is 4.21 Å². The summed E-state index contributed by atoms with van der Waals surface area (Å²) in [6.45, 7) is 2.17. The molecule has 0 spiro atoms. The molecular weight excluding hydrogens is 302 g/mol. The first-order chi connectivity index (χ1) is 10.5. The number of ether oxygens (including phenoxy) is 1. The molecule has 0 fully saturated rings. The molecule has 0 saturated heterocycles. The van der Waals surface area contributed by atoms with Crippen molar-refractivity contribution in [3.63, 3.8) is 0 Å². The highest BCUT2D eigenvalue weighted by Gasteiger charge is 2.12. The quantitative estimate of drug-likeness (QED) is 0.769. The maximum atomic E-state index is 11.1. The van der Waals surface area contributed by atoms with Crippen LogP contribution in [0.2, 0.25) is 0 Å². The molecule has 8 heteroatoms. The summed E-state index contributed by atoms with van der Waals surface area (Å²) in [4.78, 5) is 4.75. The summed E-state index contributed by atoms with van der Waals surface area (Å²) in [7, 11) is -1.52. The zero-order valence-electron chi connectivity index (χ0n) is 11.9. The van der Waals surface area contributed by atoms with E-state index in [1.807, 2.05) is 6.07 Å². The lowest BCUT2D eigenvalue weighted by molar-refractivity contribution is 0.326. The van der Waals surface area contributed by atoms with Crippen molar-refractivity contribution in [2.24, 2.45) is 5.14 Å². The summed E-state index contributed by atoms with van der Waals surface area (Å²) in [5, 5.41) is 17.4. The predicted molar refractivity (Wildman–Crippen MR) is 84.9 cm³/mol. The summed E-state index contributed by atoms with van der Waals surface area (Å²) in [6, 6.07) is 10.3. The highest BCUT2D eigenvalue weighted by molar-refractivity contribution is 7.82. The van der Waals surface area contributed by atoms with Gasteiger partial charge in [0.2, 0.25) is 5.88 Å². The Morgan fingerprint density at radius 1 is 1.41 bits per heavy atom. The first-order valence-electron chi connectivity index (χ1n) is 6.41. The molecule has 0 saturated carbocycles. The van der Waals surface area contributed by atoms with Crippen LogP contribution in [-0.2, 0) is 11.0 Å². The summed E-state index contributed by atoms with van der Waals surface area (Å²) in [6.07, 6.45) is 0. The van der Waals surface area contributed by atoms with Crippen molar-refractivity contribution in [2.45, 2.75) is 11.8 Å². The Balaban J connectivity index is 2.29. The van der Waals surface area contributed by atoms with E-state index in [1.165, 1.54) is 0 Å². The van der Waals surface area contributed by atoms with Crippen LogP contribution in [-0.4, -0.2) is 15.8 Å². The Labute approximate surface area is 130 Å². The smallest absolute Gasteiger partial charge is 0.235 e. The number of nitriles is 1. The van der Waals surface area contributed by atoms with Crippen molar-refractivity contribution in [3.05, 3.63) is 35.9 Å². The van der Waals surface area contributed by atoms with Gasteiger partial charge in [-0.05, 0) is 31.2 Å². The van der Waals surface area contributed by atoms with E-state index in [2.05, 4.69) is 10.3 Å². The maximum absolute atomic E-state index is 11.1. The largest absolute Gasteiger partial charge is 0.477 e. The number of benzene rings is 1. The van der Waals surface area contributed by atoms with Gasteiger partial charge in [0.05, 0.1) is 17.2 Å². The Morgan fingerprint density at radius 2 is 2.09 bits per heavy atom. The number of nitrogens with two attached hydrogens (primary N) is 2. The molecule has 0 aliphatic rings. The van der Waals surface area contributed by atoms with Crippen LogP contribution >= 0.6 is 0 Å². The van der Waals surface area contributed by atoms with E-state index in [0.29, 0.717) is 23.0 Å². The zero-order chi connectivity index (χ0) is 16.1. The van der Waals surface area contributed by atoms with Crippen LogP contribution in [0.4, 0.5) is 17.2 Å². The van der Waals surface area contributed by atoms with Crippen molar-refractivity contribution in [1.82, 2.24) is 4.98 Å². The first-order valence-corrected chi connectivity index (χ1v) is 7.63. The van der Waals surface area contributed by atoms with Gasteiger partial charge in [-0.15, -0.1) is 0 Å². The van der Waals surface area contributed by atoms with Gasteiger partial charge in [-0.2, -0.15) is 10.2 Å². The van der Waals surface area contributed by atoms with Gasteiger partial charge < -0.3 is 15.8 Å². The zero-order valence-corrected chi connectivity index (χ0v) is 12.7. The number of nitrogens with one attached hydrogen (secondary N) is 1. The van der Waals surface area contributed by atoms with E-state index in [0.717, 1.165) is 0 Å². The Bertz CT molecular complexity index is 740. The van der Waals surface area contributed by atoms with Gasteiger partial charge in [0.25, 0.3) is 0 Å².